The molecule has 0 saturated carbocycles. The summed E-state index contributed by atoms with van der Waals surface area (Å²) < 4.78 is 0. The Morgan fingerprint density at radius 3 is 2.79 bits per heavy atom. The van der Waals surface area contributed by atoms with E-state index in [0.717, 1.165) is 18.0 Å². The first-order chi connectivity index (χ1) is 6.70. The molecule has 0 spiro atoms. The highest BCUT2D eigenvalue weighted by atomic mass is 15.2. The lowest BCUT2D eigenvalue weighted by atomic mass is 9.80. The van der Waals surface area contributed by atoms with Gasteiger partial charge in [0.05, 0.1) is 0 Å². The third-order valence-corrected chi connectivity index (χ3v) is 4.10. The van der Waals surface area contributed by atoms with Crippen molar-refractivity contribution in [1.82, 2.24) is 10.2 Å². The molecule has 0 radical (unpaired) electrons. The van der Waals surface area contributed by atoms with Gasteiger partial charge in [-0.15, -0.1) is 0 Å². The van der Waals surface area contributed by atoms with Gasteiger partial charge in [0, 0.05) is 18.1 Å². The average Bonchev–Trinajstić information content (AvgIpc) is 2.18. The van der Waals surface area contributed by atoms with Gasteiger partial charge in [0.15, 0.2) is 0 Å². The predicted octanol–water partition coefficient (Wildman–Crippen LogP) is 1.86. The van der Waals surface area contributed by atoms with Crippen LogP contribution >= 0.6 is 0 Å². The van der Waals surface area contributed by atoms with Crippen molar-refractivity contribution in [3.05, 3.63) is 0 Å². The van der Waals surface area contributed by atoms with Crippen LogP contribution in [0, 0.1) is 5.92 Å². The van der Waals surface area contributed by atoms with Crippen LogP contribution in [-0.2, 0) is 0 Å². The molecule has 2 fully saturated rings. The Hall–Kier alpha value is -0.0800. The monoisotopic (exact) mass is 196 g/mol. The number of piperidine rings is 2. The second-order valence-corrected chi connectivity index (χ2v) is 5.24. The fraction of sp³-hybridized carbons (Fsp3) is 1.00. The molecule has 2 aliphatic rings. The highest BCUT2D eigenvalue weighted by Gasteiger charge is 2.37. The van der Waals surface area contributed by atoms with Crippen LogP contribution < -0.4 is 5.32 Å². The molecule has 0 bridgehead atoms. The summed E-state index contributed by atoms with van der Waals surface area (Å²) in [6.07, 6.45) is 4.24. The van der Waals surface area contributed by atoms with Gasteiger partial charge >= 0.3 is 0 Å². The maximum atomic E-state index is 3.71. The summed E-state index contributed by atoms with van der Waals surface area (Å²) in [6, 6.07) is 2.20. The molecule has 2 heterocycles. The predicted molar refractivity (Wildman–Crippen MR) is 60.4 cm³/mol. The van der Waals surface area contributed by atoms with Crippen LogP contribution in [0.25, 0.3) is 0 Å². The molecule has 0 aliphatic carbocycles. The largest absolute Gasteiger partial charge is 0.312 e. The molecule has 2 heteroatoms. The average molecular weight is 196 g/mol. The van der Waals surface area contributed by atoms with E-state index >= 15 is 0 Å². The van der Waals surface area contributed by atoms with Crippen molar-refractivity contribution in [3.63, 3.8) is 0 Å². The normalized spacial score (nSPS) is 39.9. The Bertz CT molecular complexity index is 191. The number of likely N-dealkylation sites (tertiary alicyclic amines) is 1. The number of nitrogens with zero attached hydrogens (tertiary/aromatic N) is 1. The maximum absolute atomic E-state index is 3.71. The highest BCUT2D eigenvalue weighted by molar-refractivity contribution is 4.94. The number of hydrogen-bond donors (Lipinski definition) is 1. The lowest BCUT2D eigenvalue weighted by molar-refractivity contribution is 0.0420. The molecular formula is C12H24N2. The lowest BCUT2D eigenvalue weighted by Gasteiger charge is -2.48. The molecular weight excluding hydrogens is 172 g/mol. The van der Waals surface area contributed by atoms with Crippen LogP contribution in [0.1, 0.15) is 40.0 Å². The Balaban J connectivity index is 2.03. The number of fused-ring (bicyclic) bond motifs is 1. The van der Waals surface area contributed by atoms with Crippen LogP contribution in [0.3, 0.4) is 0 Å². The summed E-state index contributed by atoms with van der Waals surface area (Å²) >= 11 is 0. The van der Waals surface area contributed by atoms with Gasteiger partial charge < -0.3 is 5.32 Å². The molecule has 82 valence electrons. The van der Waals surface area contributed by atoms with Crippen molar-refractivity contribution < 1.29 is 0 Å². The van der Waals surface area contributed by atoms with E-state index in [1.54, 1.807) is 0 Å². The minimum atomic E-state index is 0.703. The zero-order chi connectivity index (χ0) is 10.1. The van der Waals surface area contributed by atoms with Crippen molar-refractivity contribution in [2.24, 2.45) is 5.92 Å². The van der Waals surface area contributed by atoms with Crippen molar-refractivity contribution in [3.8, 4) is 0 Å². The molecule has 2 rings (SSSR count). The van der Waals surface area contributed by atoms with E-state index in [9.17, 15) is 0 Å². The topological polar surface area (TPSA) is 15.3 Å². The number of nitrogens with one attached hydrogen (secondary N) is 1. The van der Waals surface area contributed by atoms with Crippen LogP contribution in [-0.4, -0.2) is 36.1 Å². The van der Waals surface area contributed by atoms with Gasteiger partial charge in [0.2, 0.25) is 0 Å². The van der Waals surface area contributed by atoms with E-state index < -0.39 is 0 Å². The first-order valence-electron chi connectivity index (χ1n) is 6.19. The Kier molecular flexibility index (Phi) is 3.13. The summed E-state index contributed by atoms with van der Waals surface area (Å²) in [6.45, 7) is 9.58. The molecule has 0 aromatic heterocycles. The zero-order valence-corrected chi connectivity index (χ0v) is 9.79. The molecule has 2 saturated heterocycles. The summed E-state index contributed by atoms with van der Waals surface area (Å²) in [5.41, 5.74) is 0. The zero-order valence-electron chi connectivity index (χ0n) is 9.79. The summed E-state index contributed by atoms with van der Waals surface area (Å²) in [5, 5.41) is 3.71. The minimum absolute atomic E-state index is 0.703. The smallest absolute Gasteiger partial charge is 0.0249 e. The molecule has 14 heavy (non-hydrogen) atoms. The molecule has 3 unspecified atom stereocenters. The minimum Gasteiger partial charge on any atom is -0.312 e. The Morgan fingerprint density at radius 2 is 2.07 bits per heavy atom. The quantitative estimate of drug-likeness (QED) is 0.688. The highest BCUT2D eigenvalue weighted by Crippen LogP contribution is 2.30. The summed E-state index contributed by atoms with van der Waals surface area (Å²) in [5.74, 6) is 0.953. The second-order valence-electron chi connectivity index (χ2n) is 5.24. The van der Waals surface area contributed by atoms with Crippen molar-refractivity contribution in [2.45, 2.75) is 58.2 Å². The van der Waals surface area contributed by atoms with Gasteiger partial charge in [-0.3, -0.25) is 4.90 Å². The van der Waals surface area contributed by atoms with E-state index in [1.165, 1.54) is 32.4 Å². The van der Waals surface area contributed by atoms with Crippen LogP contribution in [0.5, 0.6) is 0 Å². The second kappa shape index (κ2) is 4.19. The standard InChI is InChI=1S/C12H24N2/c1-9(2)14-8-6-11-5-4-7-13-12(11)10(14)3/h9-13H,4-8H2,1-3H3. The first kappa shape index (κ1) is 10.4. The van der Waals surface area contributed by atoms with E-state index in [-0.39, 0.29) is 0 Å². The van der Waals surface area contributed by atoms with Crippen LogP contribution in [0.15, 0.2) is 0 Å². The third-order valence-electron chi connectivity index (χ3n) is 4.10. The molecule has 0 aromatic rings. The van der Waals surface area contributed by atoms with Gasteiger partial charge in [-0.05, 0) is 59.0 Å². The van der Waals surface area contributed by atoms with Crippen molar-refractivity contribution >= 4 is 0 Å². The van der Waals surface area contributed by atoms with Crippen molar-refractivity contribution in [2.75, 3.05) is 13.1 Å². The third kappa shape index (κ3) is 1.82. The van der Waals surface area contributed by atoms with Gasteiger partial charge in [0.1, 0.15) is 0 Å². The molecule has 3 atom stereocenters. The molecule has 1 N–H and O–H groups in total. The maximum Gasteiger partial charge on any atom is 0.0249 e. The molecule has 2 aliphatic heterocycles. The molecule has 0 aromatic carbocycles. The van der Waals surface area contributed by atoms with Crippen LogP contribution in [0.4, 0.5) is 0 Å². The SMILES string of the molecule is CC(C)N1CCC2CCCNC2C1C. The fourth-order valence-corrected chi connectivity index (χ4v) is 3.32. The first-order valence-corrected chi connectivity index (χ1v) is 6.19. The van der Waals surface area contributed by atoms with Crippen molar-refractivity contribution in [1.29, 1.82) is 0 Å². The Morgan fingerprint density at radius 1 is 1.29 bits per heavy atom. The van der Waals surface area contributed by atoms with Crippen LogP contribution in [0.2, 0.25) is 0 Å². The summed E-state index contributed by atoms with van der Waals surface area (Å²) in [7, 11) is 0. The summed E-state index contributed by atoms with van der Waals surface area (Å²) in [4.78, 5) is 2.65. The number of rotatable bonds is 1. The Labute approximate surface area is 88.1 Å². The number of hydrogen-bond acceptors (Lipinski definition) is 2. The molecule has 2 nitrogen and oxygen atoms in total. The van der Waals surface area contributed by atoms with Gasteiger partial charge in [-0.1, -0.05) is 0 Å². The lowest BCUT2D eigenvalue weighted by Crippen LogP contribution is -2.60. The van der Waals surface area contributed by atoms with E-state index in [0.29, 0.717) is 6.04 Å². The van der Waals surface area contributed by atoms with E-state index in [2.05, 4.69) is 31.0 Å². The van der Waals surface area contributed by atoms with Gasteiger partial charge in [0.25, 0.3) is 0 Å². The van der Waals surface area contributed by atoms with E-state index in [1.807, 2.05) is 0 Å². The van der Waals surface area contributed by atoms with Gasteiger partial charge in [-0.2, -0.15) is 0 Å². The molecule has 0 amide bonds. The van der Waals surface area contributed by atoms with E-state index in [4.69, 9.17) is 0 Å². The fourth-order valence-electron chi connectivity index (χ4n) is 3.32. The van der Waals surface area contributed by atoms with Gasteiger partial charge in [-0.25, -0.2) is 0 Å².